The summed E-state index contributed by atoms with van der Waals surface area (Å²) < 4.78 is 0. The summed E-state index contributed by atoms with van der Waals surface area (Å²) in [6.07, 6.45) is 11.0. The molecule has 0 bridgehead atoms. The number of piperidine rings is 1. The Kier molecular flexibility index (Phi) is 7.38. The van der Waals surface area contributed by atoms with E-state index in [-0.39, 0.29) is 18.6 Å². The minimum Gasteiger partial charge on any atom is -0.394 e. The summed E-state index contributed by atoms with van der Waals surface area (Å²) in [6.45, 7) is 5.03. The van der Waals surface area contributed by atoms with Gasteiger partial charge in [0.1, 0.15) is 18.0 Å². The molecule has 1 aromatic rings. The normalized spacial score (nSPS) is 24.1. The molecule has 4 rings (SSSR count). The van der Waals surface area contributed by atoms with E-state index in [4.69, 9.17) is 0 Å². The monoisotopic (exact) mass is 416 g/mol. The fraction of sp³-hybridized carbons (Fsp3) is 0.773. The fourth-order valence-electron chi connectivity index (χ4n) is 5.02. The van der Waals surface area contributed by atoms with Crippen LogP contribution in [0.1, 0.15) is 51.4 Å². The van der Waals surface area contributed by atoms with Gasteiger partial charge < -0.3 is 20.2 Å². The number of rotatable bonds is 6. The van der Waals surface area contributed by atoms with Gasteiger partial charge in [0.25, 0.3) is 0 Å². The van der Waals surface area contributed by atoms with Crippen LogP contribution in [0.5, 0.6) is 0 Å². The van der Waals surface area contributed by atoms with Gasteiger partial charge in [0.05, 0.1) is 19.2 Å². The number of hydrogen-bond acceptors (Lipinski definition) is 7. The molecule has 1 aliphatic carbocycles. The molecule has 0 radical (unpaired) electrons. The molecule has 1 atom stereocenters. The topological polar surface area (TPSA) is 84.8 Å². The summed E-state index contributed by atoms with van der Waals surface area (Å²) >= 11 is 0. The quantitative estimate of drug-likeness (QED) is 0.725. The van der Waals surface area contributed by atoms with Crippen LogP contribution in [0, 0.1) is 0 Å². The number of carbonyl (C=O) groups excluding carboxylic acids is 1. The van der Waals surface area contributed by atoms with Gasteiger partial charge in [-0.25, -0.2) is 9.97 Å². The molecule has 2 saturated heterocycles. The smallest absolute Gasteiger partial charge is 0.234 e. The Balaban J connectivity index is 1.28. The Labute approximate surface area is 179 Å². The van der Waals surface area contributed by atoms with Crippen molar-refractivity contribution in [2.24, 2.45) is 0 Å². The van der Waals surface area contributed by atoms with E-state index >= 15 is 0 Å². The molecule has 1 unspecified atom stereocenters. The highest BCUT2D eigenvalue weighted by molar-refractivity contribution is 5.78. The molecule has 1 saturated carbocycles. The predicted molar refractivity (Wildman–Crippen MR) is 118 cm³/mol. The van der Waals surface area contributed by atoms with E-state index in [2.05, 4.69) is 36.1 Å². The average Bonchev–Trinajstić information content (AvgIpc) is 2.80. The lowest BCUT2D eigenvalue weighted by Gasteiger charge is -2.37. The maximum Gasteiger partial charge on any atom is 0.234 e. The number of anilines is 2. The van der Waals surface area contributed by atoms with Crippen LogP contribution in [0.25, 0.3) is 0 Å². The van der Waals surface area contributed by atoms with Crippen LogP contribution in [0.2, 0.25) is 0 Å². The Morgan fingerprint density at radius 1 is 0.967 bits per heavy atom. The van der Waals surface area contributed by atoms with Gasteiger partial charge in [-0.3, -0.25) is 9.69 Å². The van der Waals surface area contributed by atoms with Crippen molar-refractivity contribution >= 4 is 17.5 Å². The molecular weight excluding hydrogens is 380 g/mol. The highest BCUT2D eigenvalue weighted by Gasteiger charge is 2.25. The van der Waals surface area contributed by atoms with E-state index in [1.165, 1.54) is 19.3 Å². The van der Waals surface area contributed by atoms with Crippen LogP contribution in [0.4, 0.5) is 11.6 Å². The summed E-state index contributed by atoms with van der Waals surface area (Å²) in [5.74, 6) is 2.02. The number of carbonyl (C=O) groups is 1. The average molecular weight is 417 g/mol. The first kappa shape index (κ1) is 21.3. The van der Waals surface area contributed by atoms with Crippen molar-refractivity contribution in [3.05, 3.63) is 12.4 Å². The largest absolute Gasteiger partial charge is 0.394 e. The van der Waals surface area contributed by atoms with Crippen LogP contribution in [0.3, 0.4) is 0 Å². The van der Waals surface area contributed by atoms with Crippen molar-refractivity contribution in [1.29, 1.82) is 0 Å². The van der Waals surface area contributed by atoms with Crippen LogP contribution < -0.4 is 15.1 Å². The summed E-state index contributed by atoms with van der Waals surface area (Å²) in [6, 6.07) is 2.59. The number of aromatic nitrogens is 2. The molecule has 2 aliphatic heterocycles. The third-order valence-corrected chi connectivity index (χ3v) is 6.80. The van der Waals surface area contributed by atoms with E-state index in [0.717, 1.165) is 76.5 Å². The van der Waals surface area contributed by atoms with Crippen molar-refractivity contribution in [3.8, 4) is 0 Å². The summed E-state index contributed by atoms with van der Waals surface area (Å²) in [7, 11) is 0. The summed E-state index contributed by atoms with van der Waals surface area (Å²) in [5, 5.41) is 12.9. The lowest BCUT2D eigenvalue weighted by Crippen LogP contribution is -2.51. The van der Waals surface area contributed by atoms with Gasteiger partial charge in [-0.2, -0.15) is 0 Å². The molecule has 3 aliphatic rings. The lowest BCUT2D eigenvalue weighted by molar-refractivity contribution is -0.123. The van der Waals surface area contributed by atoms with Crippen LogP contribution in [-0.4, -0.2) is 83.8 Å². The second-order valence-corrected chi connectivity index (χ2v) is 8.93. The van der Waals surface area contributed by atoms with E-state index in [0.29, 0.717) is 12.6 Å². The van der Waals surface area contributed by atoms with Gasteiger partial charge in [-0.15, -0.1) is 0 Å². The van der Waals surface area contributed by atoms with Crippen LogP contribution >= 0.6 is 0 Å². The molecule has 2 N–H and O–H groups in total. The lowest BCUT2D eigenvalue weighted by atomic mass is 9.95. The molecule has 1 aromatic heterocycles. The van der Waals surface area contributed by atoms with Crippen molar-refractivity contribution in [1.82, 2.24) is 20.2 Å². The predicted octanol–water partition coefficient (Wildman–Crippen LogP) is 1.40. The number of amides is 1. The Bertz CT molecular complexity index is 688. The first-order valence-electron chi connectivity index (χ1n) is 11.7. The molecule has 8 heteroatoms. The minimum atomic E-state index is 0.154. The molecule has 3 fully saturated rings. The Morgan fingerprint density at radius 2 is 1.70 bits per heavy atom. The molecule has 166 valence electrons. The molecule has 0 spiro atoms. The van der Waals surface area contributed by atoms with E-state index in [1.807, 2.05) is 0 Å². The van der Waals surface area contributed by atoms with E-state index in [9.17, 15) is 9.90 Å². The second kappa shape index (κ2) is 10.4. The van der Waals surface area contributed by atoms with Crippen LogP contribution in [-0.2, 0) is 4.79 Å². The third kappa shape index (κ3) is 5.40. The Morgan fingerprint density at radius 3 is 2.47 bits per heavy atom. The molecule has 8 nitrogen and oxygen atoms in total. The second-order valence-electron chi connectivity index (χ2n) is 8.93. The standard InChI is InChI=1S/C22H36N6O2/c29-16-19-8-4-5-9-28(19)21-14-20(23-17-24-21)27-12-10-26(11-13-27)15-22(30)25-18-6-2-1-3-7-18/h14,17-19,29H,1-13,15-16H2,(H,25,30). The van der Waals surface area contributed by atoms with Gasteiger partial charge in [0, 0.05) is 44.8 Å². The molecule has 3 heterocycles. The molecular formula is C22H36N6O2. The first-order chi connectivity index (χ1) is 14.7. The molecule has 1 amide bonds. The van der Waals surface area contributed by atoms with Crippen molar-refractivity contribution < 1.29 is 9.90 Å². The Hall–Kier alpha value is -1.93. The highest BCUT2D eigenvalue weighted by Crippen LogP contribution is 2.25. The number of piperazine rings is 1. The van der Waals surface area contributed by atoms with E-state index < -0.39 is 0 Å². The summed E-state index contributed by atoms with van der Waals surface area (Å²) in [5.41, 5.74) is 0. The number of aliphatic hydroxyl groups is 1. The number of hydrogen-bond donors (Lipinski definition) is 2. The summed E-state index contributed by atoms with van der Waals surface area (Å²) in [4.78, 5) is 28.1. The maximum atomic E-state index is 12.4. The number of nitrogens with zero attached hydrogens (tertiary/aromatic N) is 5. The van der Waals surface area contributed by atoms with Crippen molar-refractivity contribution in [2.45, 2.75) is 63.5 Å². The first-order valence-corrected chi connectivity index (χ1v) is 11.7. The van der Waals surface area contributed by atoms with Crippen molar-refractivity contribution in [2.75, 3.05) is 55.7 Å². The zero-order chi connectivity index (χ0) is 20.8. The minimum absolute atomic E-state index is 0.154. The van der Waals surface area contributed by atoms with Gasteiger partial charge in [-0.1, -0.05) is 19.3 Å². The highest BCUT2D eigenvalue weighted by atomic mass is 16.3. The maximum absolute atomic E-state index is 12.4. The zero-order valence-corrected chi connectivity index (χ0v) is 18.0. The zero-order valence-electron chi connectivity index (χ0n) is 18.0. The van der Waals surface area contributed by atoms with E-state index in [1.54, 1.807) is 6.33 Å². The van der Waals surface area contributed by atoms with Gasteiger partial charge >= 0.3 is 0 Å². The number of nitrogens with one attached hydrogen (secondary N) is 1. The van der Waals surface area contributed by atoms with Gasteiger partial charge in [0.15, 0.2) is 0 Å². The van der Waals surface area contributed by atoms with Crippen molar-refractivity contribution in [3.63, 3.8) is 0 Å². The SMILES string of the molecule is O=C(CN1CCN(c2cc(N3CCCCC3CO)ncn2)CC1)NC1CCCCC1. The van der Waals surface area contributed by atoms with Gasteiger partial charge in [-0.05, 0) is 32.1 Å². The third-order valence-electron chi connectivity index (χ3n) is 6.80. The molecule has 0 aromatic carbocycles. The number of aliphatic hydroxyl groups excluding tert-OH is 1. The van der Waals surface area contributed by atoms with Crippen LogP contribution in [0.15, 0.2) is 12.4 Å². The molecule has 30 heavy (non-hydrogen) atoms. The fourth-order valence-corrected chi connectivity index (χ4v) is 5.02. The van der Waals surface area contributed by atoms with Gasteiger partial charge in [0.2, 0.25) is 5.91 Å².